The van der Waals surface area contributed by atoms with Crippen molar-refractivity contribution >= 4 is 5.69 Å². The number of hydrogen-bond donors (Lipinski definition) is 1. The maximum absolute atomic E-state index is 6.20. The first-order valence-electron chi connectivity index (χ1n) is 8.27. The van der Waals surface area contributed by atoms with Crippen LogP contribution in [0.4, 0.5) is 5.69 Å². The molecule has 3 rings (SSSR count). The third kappa shape index (κ3) is 2.71. The number of fused-ring (bicyclic) bond motifs is 1. The van der Waals surface area contributed by atoms with Crippen molar-refractivity contribution in [3.8, 4) is 0 Å². The van der Waals surface area contributed by atoms with Crippen LogP contribution in [-0.4, -0.2) is 19.1 Å². The summed E-state index contributed by atoms with van der Waals surface area (Å²) in [6, 6.07) is 7.22. The fourth-order valence-corrected chi connectivity index (χ4v) is 4.04. The molecule has 1 saturated carbocycles. The van der Waals surface area contributed by atoms with Crippen LogP contribution in [0.5, 0.6) is 0 Å². The third-order valence-electron chi connectivity index (χ3n) is 5.31. The van der Waals surface area contributed by atoms with Gasteiger partial charge in [0.2, 0.25) is 0 Å². The van der Waals surface area contributed by atoms with Gasteiger partial charge < -0.3 is 10.6 Å². The van der Waals surface area contributed by atoms with E-state index in [2.05, 4.69) is 36.9 Å². The van der Waals surface area contributed by atoms with Crippen LogP contribution in [0.1, 0.15) is 43.7 Å². The summed E-state index contributed by atoms with van der Waals surface area (Å²) in [5, 5.41) is 0. The van der Waals surface area contributed by atoms with E-state index in [1.165, 1.54) is 49.2 Å². The van der Waals surface area contributed by atoms with Gasteiger partial charge >= 0.3 is 0 Å². The molecule has 3 unspecified atom stereocenters. The Balaban J connectivity index is 1.81. The minimum atomic E-state index is 0.289. The molecule has 0 aromatic heterocycles. The van der Waals surface area contributed by atoms with Crippen LogP contribution in [-0.2, 0) is 6.42 Å². The summed E-state index contributed by atoms with van der Waals surface area (Å²) < 4.78 is 0. The van der Waals surface area contributed by atoms with E-state index in [0.29, 0.717) is 0 Å². The summed E-state index contributed by atoms with van der Waals surface area (Å²) in [5.41, 5.74) is 10.5. The second-order valence-electron chi connectivity index (χ2n) is 6.86. The fraction of sp³-hybridized carbons (Fsp3) is 0.667. The van der Waals surface area contributed by atoms with E-state index < -0.39 is 0 Å². The maximum atomic E-state index is 6.20. The molecule has 0 bridgehead atoms. The Labute approximate surface area is 123 Å². The highest BCUT2D eigenvalue weighted by atomic mass is 15.2. The molecular formula is C18H28N2. The lowest BCUT2D eigenvalue weighted by Crippen LogP contribution is -2.26. The van der Waals surface area contributed by atoms with Gasteiger partial charge in [-0.1, -0.05) is 31.0 Å². The molecule has 1 saturated heterocycles. The average molecular weight is 272 g/mol. The second kappa shape index (κ2) is 5.77. The predicted molar refractivity (Wildman–Crippen MR) is 86.2 cm³/mol. The zero-order valence-electron chi connectivity index (χ0n) is 12.9. The summed E-state index contributed by atoms with van der Waals surface area (Å²) in [6.07, 6.45) is 6.40. The lowest BCUT2D eigenvalue weighted by Gasteiger charge is -2.24. The van der Waals surface area contributed by atoms with Crippen molar-refractivity contribution in [2.75, 3.05) is 18.0 Å². The number of nitrogens with two attached hydrogens (primary N) is 1. The van der Waals surface area contributed by atoms with E-state index in [-0.39, 0.29) is 6.04 Å². The zero-order valence-corrected chi connectivity index (χ0v) is 12.9. The van der Waals surface area contributed by atoms with Gasteiger partial charge in [0, 0.05) is 24.8 Å². The van der Waals surface area contributed by atoms with Crippen LogP contribution in [0.2, 0.25) is 0 Å². The normalized spacial score (nSPS) is 26.9. The van der Waals surface area contributed by atoms with Crippen molar-refractivity contribution in [1.29, 1.82) is 0 Å². The van der Waals surface area contributed by atoms with E-state index in [1.54, 1.807) is 0 Å². The van der Waals surface area contributed by atoms with Crippen LogP contribution >= 0.6 is 0 Å². The third-order valence-corrected chi connectivity index (χ3v) is 5.31. The van der Waals surface area contributed by atoms with Gasteiger partial charge in [0.1, 0.15) is 0 Å². The van der Waals surface area contributed by atoms with Crippen LogP contribution in [0.25, 0.3) is 0 Å². The Hall–Kier alpha value is -1.02. The molecule has 1 heterocycles. The first-order chi connectivity index (χ1) is 9.67. The number of aryl methyl sites for hydroxylation is 1. The van der Waals surface area contributed by atoms with E-state index in [0.717, 1.165) is 24.7 Å². The zero-order chi connectivity index (χ0) is 14.1. The van der Waals surface area contributed by atoms with Gasteiger partial charge in [-0.25, -0.2) is 0 Å². The molecule has 1 aromatic carbocycles. The summed E-state index contributed by atoms with van der Waals surface area (Å²) in [6.45, 7) is 6.90. The van der Waals surface area contributed by atoms with Gasteiger partial charge in [-0.05, 0) is 56.1 Å². The Bertz CT molecular complexity index is 456. The number of benzene rings is 1. The van der Waals surface area contributed by atoms with Crippen LogP contribution in [0.3, 0.4) is 0 Å². The number of nitrogens with zero attached hydrogens (tertiary/aromatic N) is 1. The van der Waals surface area contributed by atoms with Crippen LogP contribution in [0.15, 0.2) is 18.2 Å². The summed E-state index contributed by atoms with van der Waals surface area (Å²) in [7, 11) is 0. The summed E-state index contributed by atoms with van der Waals surface area (Å²) in [4.78, 5) is 2.63. The van der Waals surface area contributed by atoms with Crippen LogP contribution in [0, 0.1) is 18.8 Å². The molecule has 2 N–H and O–H groups in total. The molecule has 110 valence electrons. The highest BCUT2D eigenvalue weighted by Gasteiger charge is 2.36. The average Bonchev–Trinajstić information content (AvgIpc) is 2.99. The second-order valence-corrected chi connectivity index (χ2v) is 6.86. The van der Waals surface area contributed by atoms with Crippen molar-refractivity contribution < 1.29 is 0 Å². The quantitative estimate of drug-likeness (QED) is 0.909. The molecule has 2 fully saturated rings. The van der Waals surface area contributed by atoms with Crippen molar-refractivity contribution in [3.63, 3.8) is 0 Å². The first-order valence-corrected chi connectivity index (χ1v) is 8.27. The van der Waals surface area contributed by atoms with Crippen molar-refractivity contribution in [2.45, 2.75) is 52.0 Å². The minimum Gasteiger partial charge on any atom is -0.371 e. The largest absolute Gasteiger partial charge is 0.371 e. The van der Waals surface area contributed by atoms with Crippen molar-refractivity contribution in [3.05, 3.63) is 29.3 Å². The molecule has 2 aliphatic rings. The smallest absolute Gasteiger partial charge is 0.0399 e. The van der Waals surface area contributed by atoms with E-state index in [4.69, 9.17) is 5.73 Å². The molecule has 1 aliphatic heterocycles. The van der Waals surface area contributed by atoms with Gasteiger partial charge in [-0.2, -0.15) is 0 Å². The molecule has 20 heavy (non-hydrogen) atoms. The molecule has 0 radical (unpaired) electrons. The Morgan fingerprint density at radius 2 is 1.95 bits per heavy atom. The van der Waals surface area contributed by atoms with E-state index in [1.807, 2.05) is 0 Å². The van der Waals surface area contributed by atoms with Gasteiger partial charge in [0.25, 0.3) is 0 Å². The highest BCUT2D eigenvalue weighted by Crippen LogP contribution is 2.40. The predicted octanol–water partition coefficient (Wildman–Crippen LogP) is 3.51. The molecular weight excluding hydrogens is 244 g/mol. The van der Waals surface area contributed by atoms with Crippen LogP contribution < -0.4 is 10.6 Å². The number of rotatable bonds is 4. The summed E-state index contributed by atoms with van der Waals surface area (Å²) in [5.74, 6) is 1.90. The molecule has 0 amide bonds. The van der Waals surface area contributed by atoms with E-state index in [9.17, 15) is 0 Å². The molecule has 3 atom stereocenters. The van der Waals surface area contributed by atoms with Gasteiger partial charge in [0.15, 0.2) is 0 Å². The number of hydrogen-bond acceptors (Lipinski definition) is 2. The lowest BCUT2D eigenvalue weighted by molar-refractivity contribution is 0.494. The number of anilines is 1. The topological polar surface area (TPSA) is 29.3 Å². The van der Waals surface area contributed by atoms with Gasteiger partial charge in [-0.3, -0.25) is 0 Å². The molecule has 0 spiro atoms. The fourth-order valence-electron chi connectivity index (χ4n) is 4.04. The molecule has 1 aromatic rings. The molecule has 1 aliphatic carbocycles. The molecule has 2 nitrogen and oxygen atoms in total. The first kappa shape index (κ1) is 13.9. The molecule has 2 heteroatoms. The van der Waals surface area contributed by atoms with Gasteiger partial charge in [-0.15, -0.1) is 0 Å². The standard InChI is InChI=1S/C18H28N2/c1-3-17(19)10-16-9-13(2)7-8-18(16)20-11-14-5-4-6-15(14)12-20/h7-9,14-15,17H,3-6,10-12,19H2,1-2H3. The lowest BCUT2D eigenvalue weighted by atomic mass is 10.00. The van der Waals surface area contributed by atoms with Crippen molar-refractivity contribution in [2.24, 2.45) is 17.6 Å². The Morgan fingerprint density at radius 3 is 2.60 bits per heavy atom. The van der Waals surface area contributed by atoms with Crippen molar-refractivity contribution in [1.82, 2.24) is 0 Å². The Morgan fingerprint density at radius 1 is 1.25 bits per heavy atom. The Kier molecular flexibility index (Phi) is 4.02. The minimum absolute atomic E-state index is 0.289. The highest BCUT2D eigenvalue weighted by molar-refractivity contribution is 5.56. The SMILES string of the molecule is CCC(N)Cc1cc(C)ccc1N1CC2CCCC2C1. The summed E-state index contributed by atoms with van der Waals surface area (Å²) >= 11 is 0. The maximum Gasteiger partial charge on any atom is 0.0399 e. The monoisotopic (exact) mass is 272 g/mol. The van der Waals surface area contributed by atoms with Gasteiger partial charge in [0.05, 0.1) is 0 Å². The van der Waals surface area contributed by atoms with E-state index >= 15 is 0 Å².